The third kappa shape index (κ3) is 5.41. The molecule has 1 aromatic carbocycles. The van der Waals surface area contributed by atoms with Crippen molar-refractivity contribution in [3.8, 4) is 11.5 Å². The van der Waals surface area contributed by atoms with E-state index >= 15 is 0 Å². The predicted octanol–water partition coefficient (Wildman–Crippen LogP) is 2.18. The van der Waals surface area contributed by atoms with Gasteiger partial charge < -0.3 is 14.2 Å². The summed E-state index contributed by atoms with van der Waals surface area (Å²) >= 11 is 0. The zero-order valence-electron chi connectivity index (χ0n) is 11.9. The molecule has 0 saturated carbocycles. The first-order valence-electron chi connectivity index (χ1n) is 6.24. The zero-order valence-corrected chi connectivity index (χ0v) is 11.9. The van der Waals surface area contributed by atoms with Crippen LogP contribution in [0.25, 0.3) is 0 Å². The quantitative estimate of drug-likeness (QED) is 0.438. The Balaban J connectivity index is 2.76. The van der Waals surface area contributed by atoms with Crippen molar-refractivity contribution in [2.45, 2.75) is 18.6 Å². The van der Waals surface area contributed by atoms with Crippen LogP contribution < -0.4 is 20.7 Å². The Morgan fingerprint density at radius 2 is 1.76 bits per heavy atom. The van der Waals surface area contributed by atoms with Gasteiger partial charge in [-0.05, 0) is 18.6 Å². The van der Waals surface area contributed by atoms with Gasteiger partial charge >= 0.3 is 6.18 Å². The predicted molar refractivity (Wildman–Crippen MR) is 71.1 cm³/mol. The third-order valence-electron chi connectivity index (χ3n) is 2.83. The molecule has 0 aliphatic rings. The number of hydrogen-bond donors (Lipinski definition) is 2. The lowest BCUT2D eigenvalue weighted by atomic mass is 10.0. The number of hydrazine groups is 1. The first kappa shape index (κ1) is 17.5. The molecule has 120 valence electrons. The summed E-state index contributed by atoms with van der Waals surface area (Å²) in [5.41, 5.74) is 3.18. The van der Waals surface area contributed by atoms with Gasteiger partial charge in [0.1, 0.15) is 18.1 Å². The van der Waals surface area contributed by atoms with Crippen LogP contribution in [0.5, 0.6) is 11.5 Å². The van der Waals surface area contributed by atoms with E-state index in [1.54, 1.807) is 18.2 Å². The molecule has 3 N–H and O–H groups in total. The second-order valence-electron chi connectivity index (χ2n) is 4.25. The second-order valence-corrected chi connectivity index (χ2v) is 4.25. The molecule has 0 fully saturated rings. The van der Waals surface area contributed by atoms with Gasteiger partial charge in [0.15, 0.2) is 0 Å². The molecule has 1 rings (SSSR count). The Morgan fingerprint density at radius 3 is 2.19 bits per heavy atom. The van der Waals surface area contributed by atoms with Crippen LogP contribution in [0.2, 0.25) is 0 Å². The normalized spacial score (nSPS) is 13.0. The number of alkyl halides is 3. The molecule has 0 aliphatic carbocycles. The number of methoxy groups -OCH3 is 2. The average Bonchev–Trinajstić information content (AvgIpc) is 2.45. The van der Waals surface area contributed by atoms with Crippen molar-refractivity contribution >= 4 is 0 Å². The molecule has 0 aromatic heterocycles. The van der Waals surface area contributed by atoms with Gasteiger partial charge in [0.05, 0.1) is 25.8 Å². The highest BCUT2D eigenvalue weighted by Gasteiger charge is 2.27. The van der Waals surface area contributed by atoms with Crippen LogP contribution in [0.3, 0.4) is 0 Å². The van der Waals surface area contributed by atoms with E-state index in [4.69, 9.17) is 15.3 Å². The average molecular weight is 308 g/mol. The first-order valence-corrected chi connectivity index (χ1v) is 6.24. The number of benzene rings is 1. The lowest BCUT2D eigenvalue weighted by Crippen LogP contribution is -2.30. The Bertz CT molecular complexity index is 419. The molecular weight excluding hydrogens is 289 g/mol. The van der Waals surface area contributed by atoms with Gasteiger partial charge in [-0.25, -0.2) is 0 Å². The number of nitrogens with one attached hydrogen (secondary N) is 1. The van der Waals surface area contributed by atoms with Gasteiger partial charge in [-0.2, -0.15) is 13.2 Å². The van der Waals surface area contributed by atoms with Crippen molar-refractivity contribution < 1.29 is 27.4 Å². The van der Waals surface area contributed by atoms with E-state index in [1.165, 1.54) is 14.2 Å². The smallest absolute Gasteiger partial charge is 0.411 e. The van der Waals surface area contributed by atoms with Gasteiger partial charge in [0, 0.05) is 6.61 Å². The molecule has 0 spiro atoms. The zero-order chi connectivity index (χ0) is 15.9. The monoisotopic (exact) mass is 308 g/mol. The molecule has 1 aromatic rings. The van der Waals surface area contributed by atoms with Crippen molar-refractivity contribution in [2.75, 3.05) is 27.4 Å². The largest absolute Gasteiger partial charge is 0.496 e. The molecule has 8 heteroatoms. The van der Waals surface area contributed by atoms with E-state index in [0.29, 0.717) is 17.1 Å². The molecule has 5 nitrogen and oxygen atoms in total. The minimum atomic E-state index is -4.34. The molecule has 0 heterocycles. The fourth-order valence-electron chi connectivity index (χ4n) is 1.92. The van der Waals surface area contributed by atoms with Crippen LogP contribution in [0.1, 0.15) is 18.0 Å². The highest BCUT2D eigenvalue weighted by molar-refractivity contribution is 5.46. The van der Waals surface area contributed by atoms with Gasteiger partial charge in [0.2, 0.25) is 0 Å². The molecule has 0 aliphatic heterocycles. The van der Waals surface area contributed by atoms with Gasteiger partial charge in [0.25, 0.3) is 0 Å². The van der Waals surface area contributed by atoms with E-state index in [1.807, 2.05) is 0 Å². The first-order chi connectivity index (χ1) is 9.92. The summed E-state index contributed by atoms with van der Waals surface area (Å²) in [6, 6.07) is 4.73. The van der Waals surface area contributed by atoms with Crippen LogP contribution >= 0.6 is 0 Å². The highest BCUT2D eigenvalue weighted by atomic mass is 19.4. The summed E-state index contributed by atoms with van der Waals surface area (Å²) in [6.45, 7) is -1.39. The summed E-state index contributed by atoms with van der Waals surface area (Å²) in [6.07, 6.45) is -4.10. The molecule has 1 unspecified atom stereocenters. The van der Waals surface area contributed by atoms with E-state index in [9.17, 15) is 13.2 Å². The standard InChI is InChI=1S/C13H19F3N2O3/c1-19-10-4-3-5-11(20-2)12(10)9(18-17)6-7-21-8-13(14,15)16/h3-5,9,18H,6-8,17H2,1-2H3. The van der Waals surface area contributed by atoms with Gasteiger partial charge in [-0.1, -0.05) is 6.07 Å². The third-order valence-corrected chi connectivity index (χ3v) is 2.83. The van der Waals surface area contributed by atoms with E-state index in [-0.39, 0.29) is 13.0 Å². The SMILES string of the molecule is COc1cccc(OC)c1C(CCOCC(F)(F)F)NN. The topological polar surface area (TPSA) is 65.7 Å². The molecule has 0 bridgehead atoms. The lowest BCUT2D eigenvalue weighted by molar-refractivity contribution is -0.174. The lowest BCUT2D eigenvalue weighted by Gasteiger charge is -2.21. The maximum atomic E-state index is 12.0. The summed E-state index contributed by atoms with van der Waals surface area (Å²) in [4.78, 5) is 0. The molecule has 0 amide bonds. The summed E-state index contributed by atoms with van der Waals surface area (Å²) in [5, 5.41) is 0. The van der Waals surface area contributed by atoms with Crippen molar-refractivity contribution in [1.29, 1.82) is 0 Å². The fourth-order valence-corrected chi connectivity index (χ4v) is 1.92. The summed E-state index contributed by atoms with van der Waals surface area (Å²) < 4.78 is 51.1. The van der Waals surface area contributed by atoms with E-state index in [0.717, 1.165) is 0 Å². The van der Waals surface area contributed by atoms with Crippen LogP contribution in [-0.2, 0) is 4.74 Å². The maximum Gasteiger partial charge on any atom is 0.411 e. The second kappa shape index (κ2) is 8.06. The van der Waals surface area contributed by atoms with Gasteiger partial charge in [-0.15, -0.1) is 0 Å². The van der Waals surface area contributed by atoms with Crippen LogP contribution in [0, 0.1) is 0 Å². The van der Waals surface area contributed by atoms with Crippen LogP contribution in [0.15, 0.2) is 18.2 Å². The van der Waals surface area contributed by atoms with Crippen molar-refractivity contribution in [3.63, 3.8) is 0 Å². The van der Waals surface area contributed by atoms with Crippen LogP contribution in [0.4, 0.5) is 13.2 Å². The van der Waals surface area contributed by atoms with Crippen LogP contribution in [-0.4, -0.2) is 33.6 Å². The molecule has 21 heavy (non-hydrogen) atoms. The minimum Gasteiger partial charge on any atom is -0.496 e. The number of ether oxygens (including phenoxy) is 3. The number of rotatable bonds is 8. The number of nitrogens with two attached hydrogens (primary N) is 1. The van der Waals surface area contributed by atoms with Crippen molar-refractivity contribution in [2.24, 2.45) is 5.84 Å². The van der Waals surface area contributed by atoms with Gasteiger partial charge in [-0.3, -0.25) is 11.3 Å². The Labute approximate surface area is 121 Å². The Kier molecular flexibility index (Phi) is 6.73. The molecule has 1 atom stereocenters. The Hall–Kier alpha value is -1.51. The molecule has 0 saturated heterocycles. The minimum absolute atomic E-state index is 0.102. The van der Waals surface area contributed by atoms with Crippen molar-refractivity contribution in [3.05, 3.63) is 23.8 Å². The fraction of sp³-hybridized carbons (Fsp3) is 0.538. The highest BCUT2D eigenvalue weighted by Crippen LogP contribution is 2.35. The number of halogens is 3. The number of hydrogen-bond acceptors (Lipinski definition) is 5. The van der Waals surface area contributed by atoms with E-state index in [2.05, 4.69) is 10.2 Å². The maximum absolute atomic E-state index is 12.0. The summed E-state index contributed by atoms with van der Waals surface area (Å²) in [5.74, 6) is 6.55. The Morgan fingerprint density at radius 1 is 1.19 bits per heavy atom. The molecule has 0 radical (unpaired) electrons. The van der Waals surface area contributed by atoms with E-state index < -0.39 is 18.8 Å². The molecular formula is C13H19F3N2O3. The van der Waals surface area contributed by atoms with Crippen molar-refractivity contribution in [1.82, 2.24) is 5.43 Å². The summed E-state index contributed by atoms with van der Waals surface area (Å²) in [7, 11) is 2.98.